The number of amidine groups is 1. The van der Waals surface area contributed by atoms with Crippen molar-refractivity contribution in [1.29, 1.82) is 0 Å². The van der Waals surface area contributed by atoms with E-state index in [4.69, 9.17) is 18.9 Å². The third-order valence-corrected chi connectivity index (χ3v) is 6.50. The number of halogens is 1. The van der Waals surface area contributed by atoms with E-state index in [-0.39, 0.29) is 25.7 Å². The maximum Gasteiger partial charge on any atom is 0.344 e. The molecule has 1 aliphatic rings. The predicted molar refractivity (Wildman–Crippen MR) is 145 cm³/mol. The molecule has 2 aromatic carbocycles. The van der Waals surface area contributed by atoms with Crippen LogP contribution >= 0.6 is 27.7 Å². The van der Waals surface area contributed by atoms with Crippen molar-refractivity contribution in [3.8, 4) is 11.5 Å². The second-order valence-corrected chi connectivity index (χ2v) is 9.36. The molecule has 0 atom stereocenters. The molecule has 0 aromatic heterocycles. The largest absolute Gasteiger partial charge is 0.490 e. The minimum Gasteiger partial charge on any atom is -0.490 e. The molecule has 1 heterocycles. The van der Waals surface area contributed by atoms with Gasteiger partial charge in [0.25, 0.3) is 5.91 Å². The maximum atomic E-state index is 12.9. The van der Waals surface area contributed by atoms with Gasteiger partial charge in [0.15, 0.2) is 23.3 Å². The highest BCUT2D eigenvalue weighted by Gasteiger charge is 2.30. The first kappa shape index (κ1) is 28.3. The van der Waals surface area contributed by atoms with Crippen molar-refractivity contribution < 1.29 is 33.3 Å². The number of nitrogens with zero attached hydrogens (tertiary/aromatic N) is 2. The second-order valence-electron chi connectivity index (χ2n) is 7.50. The van der Waals surface area contributed by atoms with Crippen molar-refractivity contribution in [2.75, 3.05) is 33.5 Å². The third kappa shape index (κ3) is 7.36. The lowest BCUT2D eigenvalue weighted by molar-refractivity contribution is -0.145. The Morgan fingerprint density at radius 3 is 2.51 bits per heavy atom. The highest BCUT2D eigenvalue weighted by Crippen LogP contribution is 2.39. The number of rotatable bonds is 10. The number of amides is 1. The van der Waals surface area contributed by atoms with Gasteiger partial charge in [0.05, 0.1) is 40.4 Å². The van der Waals surface area contributed by atoms with E-state index in [1.165, 1.54) is 16.7 Å². The van der Waals surface area contributed by atoms with Gasteiger partial charge in [-0.1, -0.05) is 6.07 Å². The molecule has 11 heteroatoms. The van der Waals surface area contributed by atoms with Gasteiger partial charge in [-0.05, 0) is 90.4 Å². The second kappa shape index (κ2) is 13.3. The number of carbonyl (C=O) groups is 3. The molecule has 1 aliphatic heterocycles. The topological polar surface area (TPSA) is 104 Å². The standard InChI is InChI=1S/C26H27BrN2O7S/c1-5-33-20-12-16(11-19(27)23(20)36-15-22(30)34-6-2)13-21-24(31)29(4)26(37-21)28-18-10-8-9-17(14-18)25(32)35-7-3/h8-14H,5-7,15H2,1-4H3. The van der Waals surface area contributed by atoms with Crippen molar-refractivity contribution in [2.45, 2.75) is 20.8 Å². The SMILES string of the molecule is CCOC(=O)COc1c(Br)cc(C=C2SC(=Nc3cccc(C(=O)OCC)c3)N(C)C2=O)cc1OCC. The van der Waals surface area contributed by atoms with Crippen molar-refractivity contribution in [3.05, 3.63) is 56.9 Å². The summed E-state index contributed by atoms with van der Waals surface area (Å²) in [6, 6.07) is 10.2. The van der Waals surface area contributed by atoms with E-state index < -0.39 is 11.9 Å². The molecule has 37 heavy (non-hydrogen) atoms. The summed E-state index contributed by atoms with van der Waals surface area (Å²) in [6.07, 6.45) is 1.73. The van der Waals surface area contributed by atoms with E-state index in [1.54, 1.807) is 63.4 Å². The summed E-state index contributed by atoms with van der Waals surface area (Å²) < 4.78 is 21.8. The van der Waals surface area contributed by atoms with Gasteiger partial charge in [0, 0.05) is 7.05 Å². The molecule has 3 rings (SSSR count). The van der Waals surface area contributed by atoms with Crippen LogP contribution < -0.4 is 9.47 Å². The van der Waals surface area contributed by atoms with Crippen molar-refractivity contribution >= 4 is 62.5 Å². The van der Waals surface area contributed by atoms with E-state index in [9.17, 15) is 14.4 Å². The van der Waals surface area contributed by atoms with Gasteiger partial charge in [-0.25, -0.2) is 14.6 Å². The Kier molecular flexibility index (Phi) is 10.2. The Morgan fingerprint density at radius 1 is 1.05 bits per heavy atom. The van der Waals surface area contributed by atoms with Gasteiger partial charge >= 0.3 is 11.9 Å². The van der Waals surface area contributed by atoms with Crippen LogP contribution in [0.3, 0.4) is 0 Å². The lowest BCUT2D eigenvalue weighted by Gasteiger charge is -2.14. The Morgan fingerprint density at radius 2 is 1.81 bits per heavy atom. The minimum absolute atomic E-state index is 0.220. The predicted octanol–water partition coefficient (Wildman–Crippen LogP) is 5.20. The fourth-order valence-corrected chi connectivity index (χ4v) is 4.80. The molecule has 0 radical (unpaired) electrons. The van der Waals surface area contributed by atoms with Crippen LogP contribution in [-0.4, -0.2) is 61.4 Å². The van der Waals surface area contributed by atoms with Gasteiger partial charge in [-0.15, -0.1) is 0 Å². The average Bonchev–Trinajstić information content (AvgIpc) is 3.11. The highest BCUT2D eigenvalue weighted by atomic mass is 79.9. The van der Waals surface area contributed by atoms with Crippen molar-refractivity contribution in [3.63, 3.8) is 0 Å². The zero-order valence-electron chi connectivity index (χ0n) is 20.9. The molecule has 0 unspecified atom stereocenters. The summed E-state index contributed by atoms with van der Waals surface area (Å²) in [6.45, 7) is 5.95. The van der Waals surface area contributed by atoms with Crippen LogP contribution in [0.5, 0.6) is 11.5 Å². The lowest BCUT2D eigenvalue weighted by Crippen LogP contribution is -2.23. The number of hydrogen-bond donors (Lipinski definition) is 0. The molecule has 1 saturated heterocycles. The zero-order valence-corrected chi connectivity index (χ0v) is 23.3. The smallest absolute Gasteiger partial charge is 0.344 e. The van der Waals surface area contributed by atoms with E-state index >= 15 is 0 Å². The quantitative estimate of drug-likeness (QED) is 0.275. The lowest BCUT2D eigenvalue weighted by atomic mass is 10.2. The molecule has 0 aliphatic carbocycles. The van der Waals surface area contributed by atoms with Gasteiger partial charge < -0.3 is 18.9 Å². The Balaban J connectivity index is 1.86. The van der Waals surface area contributed by atoms with E-state index in [0.717, 1.165) is 0 Å². The third-order valence-electron chi connectivity index (χ3n) is 4.85. The molecular formula is C26H27BrN2O7S. The van der Waals surface area contributed by atoms with Crippen LogP contribution in [0.15, 0.2) is 50.8 Å². The van der Waals surface area contributed by atoms with Gasteiger partial charge in [-0.2, -0.15) is 0 Å². The highest BCUT2D eigenvalue weighted by molar-refractivity contribution is 9.10. The molecule has 0 N–H and O–H groups in total. The fraction of sp³-hybridized carbons (Fsp3) is 0.308. The molecule has 1 amide bonds. The van der Waals surface area contributed by atoms with Crippen LogP contribution in [-0.2, 0) is 19.1 Å². The molecule has 0 bridgehead atoms. The number of carbonyl (C=O) groups excluding carboxylic acids is 3. The van der Waals surface area contributed by atoms with Crippen LogP contribution in [0.25, 0.3) is 6.08 Å². The number of benzene rings is 2. The number of hydrogen-bond acceptors (Lipinski definition) is 9. The summed E-state index contributed by atoms with van der Waals surface area (Å²) in [7, 11) is 1.64. The number of thioether (sulfide) groups is 1. The normalized spacial score (nSPS) is 15.3. The van der Waals surface area contributed by atoms with Gasteiger partial charge in [0.1, 0.15) is 0 Å². The van der Waals surface area contributed by atoms with Crippen LogP contribution in [0.4, 0.5) is 5.69 Å². The molecule has 0 saturated carbocycles. The van der Waals surface area contributed by atoms with Gasteiger partial charge in [-0.3, -0.25) is 9.69 Å². The number of esters is 2. The monoisotopic (exact) mass is 590 g/mol. The maximum absolute atomic E-state index is 12.9. The summed E-state index contributed by atoms with van der Waals surface area (Å²) in [5.74, 6) is -0.357. The van der Waals surface area contributed by atoms with Crippen LogP contribution in [0, 0.1) is 0 Å². The first-order valence-electron chi connectivity index (χ1n) is 11.6. The minimum atomic E-state index is -0.487. The zero-order chi connectivity index (χ0) is 26.9. The van der Waals surface area contributed by atoms with Gasteiger partial charge in [0.2, 0.25) is 0 Å². The summed E-state index contributed by atoms with van der Waals surface area (Å²) in [5, 5.41) is 0.468. The molecule has 196 valence electrons. The number of aliphatic imine (C=N–C) groups is 1. The van der Waals surface area contributed by atoms with Crippen molar-refractivity contribution in [2.24, 2.45) is 4.99 Å². The van der Waals surface area contributed by atoms with E-state index in [0.29, 0.717) is 49.5 Å². The fourth-order valence-electron chi connectivity index (χ4n) is 3.24. The van der Waals surface area contributed by atoms with Crippen molar-refractivity contribution in [1.82, 2.24) is 4.90 Å². The van der Waals surface area contributed by atoms with Crippen LogP contribution in [0.2, 0.25) is 0 Å². The summed E-state index contributed by atoms with van der Waals surface area (Å²) in [5.41, 5.74) is 1.60. The molecule has 0 spiro atoms. The number of ether oxygens (including phenoxy) is 4. The molecule has 2 aromatic rings. The van der Waals surface area contributed by atoms with E-state index in [1.807, 2.05) is 6.92 Å². The first-order chi connectivity index (χ1) is 17.8. The molecule has 9 nitrogen and oxygen atoms in total. The van der Waals surface area contributed by atoms with Crippen LogP contribution in [0.1, 0.15) is 36.7 Å². The summed E-state index contributed by atoms with van der Waals surface area (Å²) >= 11 is 4.68. The van der Waals surface area contributed by atoms with E-state index in [2.05, 4.69) is 20.9 Å². The molecule has 1 fully saturated rings. The summed E-state index contributed by atoms with van der Waals surface area (Å²) in [4.78, 5) is 43.1. The Labute approximate surface area is 227 Å². The molecular weight excluding hydrogens is 564 g/mol. The average molecular weight is 591 g/mol. The first-order valence-corrected chi connectivity index (χ1v) is 13.2. The Bertz CT molecular complexity index is 1250. The number of likely N-dealkylation sites (N-methyl/N-ethyl adjacent to an activating group) is 1. The Hall–Kier alpha value is -3.31.